The molecule has 3 nitrogen and oxygen atoms in total. The molecule has 1 atom stereocenters. The summed E-state index contributed by atoms with van der Waals surface area (Å²) < 4.78 is 13.4. The summed E-state index contributed by atoms with van der Waals surface area (Å²) in [6.45, 7) is 3.05. The molecule has 1 fully saturated rings. The van der Waals surface area contributed by atoms with Crippen LogP contribution in [0.2, 0.25) is 5.02 Å². The summed E-state index contributed by atoms with van der Waals surface area (Å²) in [6, 6.07) is 4.63. The maximum atomic E-state index is 13.4. The number of likely N-dealkylation sites (tertiary alicyclic amines) is 1. The summed E-state index contributed by atoms with van der Waals surface area (Å²) >= 11 is 5.65. The quantitative estimate of drug-likeness (QED) is 0.923. The molecule has 0 saturated carbocycles. The maximum Gasteiger partial charge on any atom is 0.324 e. The van der Waals surface area contributed by atoms with Gasteiger partial charge in [-0.25, -0.2) is 4.39 Å². The third kappa shape index (κ3) is 2.60. The van der Waals surface area contributed by atoms with Gasteiger partial charge in [0.15, 0.2) is 0 Å². The second kappa shape index (κ2) is 5.47. The maximum absolute atomic E-state index is 13.4. The number of rotatable bonds is 4. The first-order chi connectivity index (χ1) is 8.99. The van der Waals surface area contributed by atoms with Crippen molar-refractivity contribution in [3.63, 3.8) is 0 Å². The van der Waals surface area contributed by atoms with Crippen LogP contribution in [0.1, 0.15) is 31.7 Å². The van der Waals surface area contributed by atoms with E-state index in [1.165, 1.54) is 12.1 Å². The number of aliphatic carboxylic acids is 1. The molecule has 0 aromatic heterocycles. The molecule has 1 aromatic carbocycles. The lowest BCUT2D eigenvalue weighted by molar-refractivity contribution is -0.150. The van der Waals surface area contributed by atoms with Crippen LogP contribution >= 0.6 is 11.6 Å². The summed E-state index contributed by atoms with van der Waals surface area (Å²) in [4.78, 5) is 13.5. The summed E-state index contributed by atoms with van der Waals surface area (Å²) in [5.74, 6) is -1.25. The zero-order chi connectivity index (χ0) is 14.0. The topological polar surface area (TPSA) is 40.5 Å². The molecule has 104 valence electrons. The Bertz CT molecular complexity index is 494. The minimum Gasteiger partial charge on any atom is -0.480 e. The van der Waals surface area contributed by atoms with Gasteiger partial charge >= 0.3 is 5.97 Å². The molecule has 0 amide bonds. The Kier molecular flexibility index (Phi) is 4.11. The van der Waals surface area contributed by atoms with Gasteiger partial charge in [-0.1, -0.05) is 24.6 Å². The first-order valence-electron chi connectivity index (χ1n) is 6.42. The third-order valence-corrected chi connectivity index (χ3v) is 4.27. The van der Waals surface area contributed by atoms with E-state index in [1.807, 2.05) is 11.8 Å². The van der Waals surface area contributed by atoms with Crippen molar-refractivity contribution < 1.29 is 14.3 Å². The van der Waals surface area contributed by atoms with E-state index in [1.54, 1.807) is 6.07 Å². The molecule has 1 N–H and O–H groups in total. The van der Waals surface area contributed by atoms with Crippen molar-refractivity contribution in [1.82, 2.24) is 4.90 Å². The van der Waals surface area contributed by atoms with Gasteiger partial charge in [0.1, 0.15) is 11.4 Å². The van der Waals surface area contributed by atoms with Crippen LogP contribution in [0.3, 0.4) is 0 Å². The van der Waals surface area contributed by atoms with Crippen LogP contribution in [0.5, 0.6) is 0 Å². The average Bonchev–Trinajstić information content (AvgIpc) is 2.78. The third-order valence-electron chi connectivity index (χ3n) is 3.96. The van der Waals surface area contributed by atoms with E-state index in [0.717, 1.165) is 18.5 Å². The molecule has 0 radical (unpaired) electrons. The molecule has 1 heterocycles. The lowest BCUT2D eigenvalue weighted by Gasteiger charge is -2.33. The predicted molar refractivity (Wildman–Crippen MR) is 71.7 cm³/mol. The van der Waals surface area contributed by atoms with Crippen molar-refractivity contribution >= 4 is 17.6 Å². The minimum atomic E-state index is -0.809. The monoisotopic (exact) mass is 285 g/mol. The predicted octanol–water partition coefficient (Wildman–Crippen LogP) is 3.31. The van der Waals surface area contributed by atoms with Gasteiger partial charge in [-0.2, -0.15) is 0 Å². The largest absolute Gasteiger partial charge is 0.480 e. The smallest absolute Gasteiger partial charge is 0.324 e. The number of carboxylic acids is 1. The Hall–Kier alpha value is -1.13. The van der Waals surface area contributed by atoms with Crippen LogP contribution in [0.4, 0.5) is 4.39 Å². The van der Waals surface area contributed by atoms with Crippen LogP contribution < -0.4 is 0 Å². The van der Waals surface area contributed by atoms with Gasteiger partial charge in [0.25, 0.3) is 0 Å². The van der Waals surface area contributed by atoms with Crippen LogP contribution in [-0.4, -0.2) is 28.1 Å². The highest BCUT2D eigenvalue weighted by Gasteiger charge is 2.45. The Labute approximate surface area is 117 Å². The van der Waals surface area contributed by atoms with E-state index in [0.29, 0.717) is 19.4 Å². The van der Waals surface area contributed by atoms with E-state index in [4.69, 9.17) is 11.6 Å². The molecule has 1 saturated heterocycles. The lowest BCUT2D eigenvalue weighted by Crippen LogP contribution is -2.49. The van der Waals surface area contributed by atoms with Gasteiger partial charge in [0.2, 0.25) is 0 Å². The van der Waals surface area contributed by atoms with Gasteiger partial charge in [-0.3, -0.25) is 9.69 Å². The molecule has 0 spiro atoms. The van der Waals surface area contributed by atoms with Gasteiger partial charge in [-0.15, -0.1) is 0 Å². The second-order valence-corrected chi connectivity index (χ2v) is 5.37. The fourth-order valence-corrected chi connectivity index (χ4v) is 2.93. The van der Waals surface area contributed by atoms with Crippen LogP contribution in [0, 0.1) is 5.82 Å². The SMILES string of the molecule is CCC1(C(=O)O)CCCN1Cc1ccc(Cl)c(F)c1. The number of carboxylic acid groups (broad SMARTS) is 1. The Morgan fingerprint density at radius 3 is 2.89 bits per heavy atom. The van der Waals surface area contributed by atoms with Crippen LogP contribution in [0.25, 0.3) is 0 Å². The first kappa shape index (κ1) is 14.3. The lowest BCUT2D eigenvalue weighted by atomic mass is 9.92. The first-order valence-corrected chi connectivity index (χ1v) is 6.80. The van der Waals surface area contributed by atoms with Crippen molar-refractivity contribution in [2.24, 2.45) is 0 Å². The van der Waals surface area contributed by atoms with Gasteiger partial charge in [-0.05, 0) is 43.5 Å². The number of nitrogens with zero attached hydrogens (tertiary/aromatic N) is 1. The average molecular weight is 286 g/mol. The molecule has 2 rings (SSSR count). The molecular formula is C14H17ClFNO2. The zero-order valence-electron chi connectivity index (χ0n) is 10.8. The summed E-state index contributed by atoms with van der Waals surface area (Å²) in [7, 11) is 0. The number of carbonyl (C=O) groups is 1. The number of benzene rings is 1. The normalized spacial score (nSPS) is 23.7. The molecule has 0 aliphatic carbocycles. The number of halogens is 2. The molecule has 19 heavy (non-hydrogen) atoms. The van der Waals surface area contributed by atoms with Crippen LogP contribution in [0.15, 0.2) is 18.2 Å². The van der Waals surface area contributed by atoms with Gasteiger partial charge in [0.05, 0.1) is 5.02 Å². The van der Waals surface area contributed by atoms with E-state index < -0.39 is 17.3 Å². The van der Waals surface area contributed by atoms with E-state index >= 15 is 0 Å². The zero-order valence-corrected chi connectivity index (χ0v) is 11.6. The van der Waals surface area contributed by atoms with E-state index in [9.17, 15) is 14.3 Å². The highest BCUT2D eigenvalue weighted by atomic mass is 35.5. The van der Waals surface area contributed by atoms with Gasteiger partial charge < -0.3 is 5.11 Å². The molecule has 1 aliphatic rings. The van der Waals surface area contributed by atoms with E-state index in [2.05, 4.69) is 0 Å². The van der Waals surface area contributed by atoms with Crippen molar-refractivity contribution in [2.75, 3.05) is 6.54 Å². The summed E-state index contributed by atoms with van der Waals surface area (Å²) in [5, 5.41) is 9.56. The van der Waals surface area contributed by atoms with Crippen molar-refractivity contribution in [1.29, 1.82) is 0 Å². The van der Waals surface area contributed by atoms with Gasteiger partial charge in [0, 0.05) is 6.54 Å². The Morgan fingerprint density at radius 1 is 1.58 bits per heavy atom. The Balaban J connectivity index is 2.21. The minimum absolute atomic E-state index is 0.0881. The fourth-order valence-electron chi connectivity index (χ4n) is 2.82. The highest BCUT2D eigenvalue weighted by Crippen LogP contribution is 2.34. The molecule has 1 unspecified atom stereocenters. The standard InChI is InChI=1S/C14H17ClFNO2/c1-2-14(13(18)19)6-3-7-17(14)9-10-4-5-11(15)12(16)8-10/h4-5,8H,2-3,6-7,9H2,1H3,(H,18,19). The molecular weight excluding hydrogens is 269 g/mol. The molecule has 5 heteroatoms. The van der Waals surface area contributed by atoms with Crippen molar-refractivity contribution in [3.8, 4) is 0 Å². The number of hydrogen-bond donors (Lipinski definition) is 1. The van der Waals surface area contributed by atoms with E-state index in [-0.39, 0.29) is 5.02 Å². The second-order valence-electron chi connectivity index (χ2n) is 4.96. The highest BCUT2D eigenvalue weighted by molar-refractivity contribution is 6.30. The molecule has 1 aliphatic heterocycles. The summed E-state index contributed by atoms with van der Waals surface area (Å²) in [6.07, 6.45) is 2.06. The van der Waals surface area contributed by atoms with Crippen molar-refractivity contribution in [2.45, 2.75) is 38.3 Å². The summed E-state index contributed by atoms with van der Waals surface area (Å²) in [5.41, 5.74) is -0.0568. The van der Waals surface area contributed by atoms with Crippen LogP contribution in [-0.2, 0) is 11.3 Å². The molecule has 0 bridgehead atoms. The van der Waals surface area contributed by atoms with Crippen molar-refractivity contribution in [3.05, 3.63) is 34.6 Å². The fraction of sp³-hybridized carbons (Fsp3) is 0.500. The Morgan fingerprint density at radius 2 is 2.32 bits per heavy atom. The number of hydrogen-bond acceptors (Lipinski definition) is 2. The molecule has 1 aromatic rings.